The number of nitroso groups, excluding NO2 is 1. The molecule has 15 radical (unpaired) electrons. The van der Waals surface area contributed by atoms with E-state index < -0.39 is 0 Å². The van der Waals surface area contributed by atoms with E-state index >= 15 is 0 Å². The molecule has 3 saturated carbocycles. The molecule has 3 heteroatoms. The molecule has 0 aromatic heterocycles. The molecular formula is C15H15MoNO-. The van der Waals surface area contributed by atoms with Crippen molar-refractivity contribution in [3.8, 4) is 0 Å². The van der Waals surface area contributed by atoms with Gasteiger partial charge in [-0.1, -0.05) is 0 Å². The van der Waals surface area contributed by atoms with Crippen molar-refractivity contribution in [2.45, 2.75) is 0 Å². The second-order valence-electron chi connectivity index (χ2n) is 2.89. The van der Waals surface area contributed by atoms with E-state index in [1.807, 2.05) is 96.3 Å². The Balaban J connectivity index is 0. The van der Waals surface area contributed by atoms with E-state index in [0.29, 0.717) is 0 Å². The quantitative estimate of drug-likeness (QED) is 0.630. The maximum absolute atomic E-state index is 7.25. The zero-order valence-electron chi connectivity index (χ0n) is 9.92. The smallest absolute Gasteiger partial charge is 0 e. The molecule has 3 fully saturated rings. The van der Waals surface area contributed by atoms with Crippen LogP contribution in [0.5, 0.6) is 0 Å². The Hall–Kier alpha value is 0.288. The van der Waals surface area contributed by atoms with Crippen LogP contribution in [0.3, 0.4) is 0 Å². The Bertz CT molecular complexity index is 85.9. The van der Waals surface area contributed by atoms with Gasteiger partial charge in [-0.15, -0.1) is 0 Å². The van der Waals surface area contributed by atoms with E-state index in [0.717, 1.165) is 0 Å². The summed E-state index contributed by atoms with van der Waals surface area (Å²) in [5.74, 6) is 0. The summed E-state index contributed by atoms with van der Waals surface area (Å²) >= 11 is 0. The summed E-state index contributed by atoms with van der Waals surface area (Å²) in [5, 5.41) is 0. The van der Waals surface area contributed by atoms with Crippen LogP contribution in [0.25, 0.3) is 5.59 Å². The zero-order chi connectivity index (χ0) is 12.6. The first-order valence-corrected chi connectivity index (χ1v) is 5.18. The maximum atomic E-state index is 7.25. The van der Waals surface area contributed by atoms with Crippen LogP contribution >= 0.6 is 0 Å². The molecular weight excluding hydrogens is 306 g/mol. The number of rotatable bonds is 0. The number of nitrogens with zero attached hydrogens (tertiary/aromatic N) is 1. The molecule has 3 aliphatic carbocycles. The summed E-state index contributed by atoms with van der Waals surface area (Å²) in [5.41, 5.74) is 5.75. The van der Waals surface area contributed by atoms with Crippen LogP contribution in [0.2, 0.25) is 0 Å². The Morgan fingerprint density at radius 3 is 0.444 bits per heavy atom. The number of hydrogen-bond donors (Lipinski definition) is 0. The molecule has 0 spiro atoms. The molecule has 0 aliphatic heterocycles. The largest absolute Gasteiger partial charge is 0.577 e. The van der Waals surface area contributed by atoms with Gasteiger partial charge in [0, 0.05) is 21.1 Å². The van der Waals surface area contributed by atoms with Crippen molar-refractivity contribution in [1.29, 1.82) is 0 Å². The SMILES string of the molecule is [CH]1[CH][CH][CH][CH]1.[CH]1[CH][CH][CH][CH]1.[CH]1[CH][CH][CH][CH]1.[Mo].[N-]=O. The zero-order valence-corrected chi connectivity index (χ0v) is 11.9. The van der Waals surface area contributed by atoms with Gasteiger partial charge < -0.3 is 10.5 Å². The van der Waals surface area contributed by atoms with Gasteiger partial charge in [0.15, 0.2) is 0 Å². The Labute approximate surface area is 128 Å². The van der Waals surface area contributed by atoms with Crippen LogP contribution in [-0.4, -0.2) is 0 Å². The van der Waals surface area contributed by atoms with Crippen molar-refractivity contribution in [2.24, 2.45) is 0 Å². The summed E-state index contributed by atoms with van der Waals surface area (Å²) in [6, 6.07) is 0. The Morgan fingerprint density at radius 1 is 0.333 bits per heavy atom. The second kappa shape index (κ2) is 19.6. The van der Waals surface area contributed by atoms with Gasteiger partial charge in [0.25, 0.3) is 0 Å². The molecule has 2 nitrogen and oxygen atoms in total. The fourth-order valence-corrected chi connectivity index (χ4v) is 0.962. The van der Waals surface area contributed by atoms with Crippen LogP contribution in [0.15, 0.2) is 0 Å². The molecule has 18 heavy (non-hydrogen) atoms. The molecule has 0 atom stereocenters. The molecule has 0 heterocycles. The van der Waals surface area contributed by atoms with Gasteiger partial charge in [0.05, 0.1) is 0 Å². The van der Waals surface area contributed by atoms with Crippen molar-refractivity contribution in [3.63, 3.8) is 0 Å². The molecule has 0 aromatic carbocycles. The molecule has 0 amide bonds. The molecule has 3 aliphatic rings. The third-order valence-corrected chi connectivity index (χ3v) is 1.67. The van der Waals surface area contributed by atoms with Crippen molar-refractivity contribution < 1.29 is 21.1 Å². The topological polar surface area (TPSA) is 39.4 Å². The van der Waals surface area contributed by atoms with Crippen LogP contribution in [0.1, 0.15) is 0 Å². The monoisotopic (exact) mass is 323 g/mol. The first-order valence-electron chi connectivity index (χ1n) is 5.18. The van der Waals surface area contributed by atoms with Crippen LogP contribution < -0.4 is 0 Å². The van der Waals surface area contributed by atoms with Gasteiger partial charge >= 0.3 is 0 Å². The van der Waals surface area contributed by atoms with E-state index in [1.165, 1.54) is 0 Å². The first kappa shape index (κ1) is 20.6. The average Bonchev–Trinajstić information content (AvgIpc) is 3.16. The van der Waals surface area contributed by atoms with Crippen LogP contribution in [-0.2, 0) is 21.1 Å². The number of hydrogen-bond acceptors (Lipinski definition) is 1. The Kier molecular flexibility index (Phi) is 22.5. The van der Waals surface area contributed by atoms with Crippen molar-refractivity contribution in [3.05, 3.63) is 107 Å². The predicted molar refractivity (Wildman–Crippen MR) is 71.2 cm³/mol. The van der Waals surface area contributed by atoms with Crippen molar-refractivity contribution in [2.75, 3.05) is 0 Å². The molecule has 0 bridgehead atoms. The van der Waals surface area contributed by atoms with E-state index in [4.69, 9.17) is 10.5 Å². The summed E-state index contributed by atoms with van der Waals surface area (Å²) in [4.78, 5) is 7.25. The molecule has 3 rings (SSSR count). The third kappa shape index (κ3) is 16.3. The second-order valence-corrected chi connectivity index (χ2v) is 2.89. The van der Waals surface area contributed by atoms with Crippen molar-refractivity contribution >= 4 is 0 Å². The third-order valence-electron chi connectivity index (χ3n) is 1.67. The molecule has 0 saturated heterocycles. The Morgan fingerprint density at radius 2 is 0.389 bits per heavy atom. The summed E-state index contributed by atoms with van der Waals surface area (Å²) < 4.78 is 0. The molecule has 0 aromatic rings. The molecule has 0 N–H and O–H groups in total. The summed E-state index contributed by atoms with van der Waals surface area (Å²) in [6.45, 7) is 0. The minimum Gasteiger partial charge on any atom is -0.577 e. The summed E-state index contributed by atoms with van der Waals surface area (Å²) in [6.07, 6.45) is 30.0. The molecule has 93 valence electrons. The van der Waals surface area contributed by atoms with E-state index in [2.05, 4.69) is 0 Å². The minimum absolute atomic E-state index is 0. The standard InChI is InChI=1S/3C5H5.Mo.NO/c3*1-2-4-5-3-1;;1-2/h3*1-5H;;/q;;;;-1. The van der Waals surface area contributed by atoms with Gasteiger partial charge in [0.1, 0.15) is 0 Å². The fraction of sp³-hybridized carbons (Fsp3) is 0. The van der Waals surface area contributed by atoms with Crippen LogP contribution in [0.4, 0.5) is 0 Å². The predicted octanol–water partition coefficient (Wildman–Crippen LogP) is 3.38. The van der Waals surface area contributed by atoms with E-state index in [-0.39, 0.29) is 21.1 Å². The maximum Gasteiger partial charge on any atom is 0 e. The fourth-order valence-electron chi connectivity index (χ4n) is 0.962. The van der Waals surface area contributed by atoms with Gasteiger partial charge in [-0.05, 0) is 96.3 Å². The van der Waals surface area contributed by atoms with Gasteiger partial charge in [0.2, 0.25) is 0 Å². The van der Waals surface area contributed by atoms with Crippen molar-refractivity contribution in [1.82, 2.24) is 0 Å². The van der Waals surface area contributed by atoms with Crippen LogP contribution in [0, 0.1) is 101 Å². The average molecular weight is 321 g/mol. The first-order chi connectivity index (χ1) is 8.50. The van der Waals surface area contributed by atoms with Gasteiger partial charge in [-0.2, -0.15) is 0 Å². The minimum atomic E-state index is 0. The van der Waals surface area contributed by atoms with E-state index in [9.17, 15) is 0 Å². The van der Waals surface area contributed by atoms with Gasteiger partial charge in [-0.25, -0.2) is 0 Å². The van der Waals surface area contributed by atoms with E-state index in [1.54, 1.807) is 0 Å². The normalized spacial score (nSPS) is 20.2. The molecule has 0 unspecified atom stereocenters. The summed E-state index contributed by atoms with van der Waals surface area (Å²) in [7, 11) is 0. The van der Waals surface area contributed by atoms with Gasteiger partial charge in [-0.3, -0.25) is 0 Å².